The minimum Gasteiger partial charge on any atom is -0.295 e. The molecule has 40 heavy (non-hydrogen) atoms. The molecule has 0 amide bonds. The molecule has 4 saturated carbocycles. The molecule has 7 atom stereocenters. The number of carbonyl (C=O) groups is 2. The fourth-order valence-electron chi connectivity index (χ4n) is 10.6. The van der Waals surface area contributed by atoms with E-state index >= 15 is 0 Å². The maximum atomic E-state index is 14.5. The van der Waals surface area contributed by atoms with Crippen LogP contribution in [0.2, 0.25) is 0 Å². The third-order valence-corrected chi connectivity index (χ3v) is 15.2. The molecular formula is C33H46N2O4S. The minimum atomic E-state index is -3.42. The molecule has 0 aromatic heterocycles. The zero-order chi connectivity index (χ0) is 29.3. The summed E-state index contributed by atoms with van der Waals surface area (Å²) in [6, 6.07) is 2.17. The van der Waals surface area contributed by atoms with Gasteiger partial charge in [-0.15, -0.1) is 0 Å². The summed E-state index contributed by atoms with van der Waals surface area (Å²) < 4.78 is 30.0. The van der Waals surface area contributed by atoms with Gasteiger partial charge in [-0.1, -0.05) is 60.1 Å². The number of fused-ring (bicyclic) bond motifs is 7. The highest BCUT2D eigenvalue weighted by molar-refractivity contribution is 7.90. The molecule has 0 aliphatic heterocycles. The average molecular weight is 567 g/mol. The first-order valence-corrected chi connectivity index (χ1v) is 16.9. The van der Waals surface area contributed by atoms with Crippen LogP contribution in [0, 0.1) is 56.2 Å². The van der Waals surface area contributed by atoms with E-state index in [4.69, 9.17) is 0 Å². The Hall–Kier alpha value is -1.78. The van der Waals surface area contributed by atoms with Gasteiger partial charge in [0.1, 0.15) is 6.07 Å². The Morgan fingerprint density at radius 2 is 1.57 bits per heavy atom. The van der Waals surface area contributed by atoms with Crippen molar-refractivity contribution < 1.29 is 18.0 Å². The molecule has 0 radical (unpaired) electrons. The first-order chi connectivity index (χ1) is 18.4. The van der Waals surface area contributed by atoms with Gasteiger partial charge in [0.25, 0.3) is 0 Å². The van der Waals surface area contributed by atoms with Crippen molar-refractivity contribution in [3.8, 4) is 6.07 Å². The Balaban J connectivity index is 1.50. The van der Waals surface area contributed by atoms with Crippen molar-refractivity contribution in [1.82, 2.24) is 4.72 Å². The molecule has 218 valence electrons. The summed E-state index contributed by atoms with van der Waals surface area (Å²) in [5, 5.41) is 9.62. The molecule has 1 N–H and O–H groups in total. The molecule has 0 spiro atoms. The predicted molar refractivity (Wildman–Crippen MR) is 154 cm³/mol. The Bertz CT molecular complexity index is 1410. The fourth-order valence-corrected chi connectivity index (χ4v) is 12.4. The Morgan fingerprint density at radius 3 is 2.20 bits per heavy atom. The summed E-state index contributed by atoms with van der Waals surface area (Å²) in [6.07, 6.45) is 11.0. The van der Waals surface area contributed by atoms with E-state index in [1.54, 1.807) is 0 Å². The van der Waals surface area contributed by atoms with Crippen molar-refractivity contribution in [2.75, 3.05) is 0 Å². The number of carbonyl (C=O) groups excluding carboxylic acids is 2. The van der Waals surface area contributed by atoms with Crippen LogP contribution in [0.4, 0.5) is 0 Å². The van der Waals surface area contributed by atoms with E-state index < -0.39 is 26.4 Å². The van der Waals surface area contributed by atoms with E-state index in [0.717, 1.165) is 63.4 Å². The van der Waals surface area contributed by atoms with Crippen LogP contribution >= 0.6 is 0 Å². The third kappa shape index (κ3) is 3.57. The number of hydrogen-bond acceptors (Lipinski definition) is 5. The minimum absolute atomic E-state index is 0.0125. The molecule has 6 nitrogen and oxygen atoms in total. The third-order valence-electron chi connectivity index (χ3n) is 13.2. The van der Waals surface area contributed by atoms with Crippen LogP contribution in [0.5, 0.6) is 0 Å². The second kappa shape index (κ2) is 8.19. The maximum absolute atomic E-state index is 14.5. The lowest BCUT2D eigenvalue weighted by Crippen LogP contribution is -2.69. The molecule has 7 unspecified atom stereocenters. The van der Waals surface area contributed by atoms with E-state index in [2.05, 4.69) is 45.4 Å². The van der Waals surface area contributed by atoms with Crippen molar-refractivity contribution >= 4 is 21.6 Å². The molecule has 0 aromatic rings. The number of Topliss-reactive ketones (excluding diaryl/α,β-unsaturated/α-hetero) is 1. The van der Waals surface area contributed by atoms with Crippen LogP contribution in [0.15, 0.2) is 23.3 Å². The van der Waals surface area contributed by atoms with E-state index in [9.17, 15) is 23.3 Å². The average Bonchev–Trinajstić information content (AvgIpc) is 3.70. The highest BCUT2D eigenvalue weighted by Gasteiger charge is 2.70. The van der Waals surface area contributed by atoms with Gasteiger partial charge in [0.05, 0.1) is 10.8 Å². The first-order valence-electron chi connectivity index (χ1n) is 15.3. The fraction of sp³-hybridized carbons (Fsp3) is 0.788. The maximum Gasteiger partial charge on any atom is 0.214 e. The number of rotatable bonds is 3. The topological polar surface area (TPSA) is 104 Å². The van der Waals surface area contributed by atoms with Gasteiger partial charge in [-0.25, -0.2) is 13.1 Å². The highest BCUT2D eigenvalue weighted by Crippen LogP contribution is 2.73. The lowest BCUT2D eigenvalue weighted by molar-refractivity contribution is -0.159. The van der Waals surface area contributed by atoms with Gasteiger partial charge in [-0.2, -0.15) is 5.26 Å². The van der Waals surface area contributed by atoms with Gasteiger partial charge < -0.3 is 0 Å². The number of hydrogen-bond donors (Lipinski definition) is 1. The van der Waals surface area contributed by atoms with E-state index in [1.165, 1.54) is 0 Å². The summed E-state index contributed by atoms with van der Waals surface area (Å²) in [5.41, 5.74) is -1.15. The van der Waals surface area contributed by atoms with Crippen LogP contribution in [0.3, 0.4) is 0 Å². The monoisotopic (exact) mass is 566 g/mol. The van der Waals surface area contributed by atoms with E-state index in [1.807, 2.05) is 26.0 Å². The molecular weight excluding hydrogens is 520 g/mol. The highest BCUT2D eigenvalue weighted by atomic mass is 32.2. The second-order valence-electron chi connectivity index (χ2n) is 16.3. The normalized spacial score (nSPS) is 45.6. The number of nitrogens with one attached hydrogen (secondary N) is 1. The van der Waals surface area contributed by atoms with Crippen LogP contribution in [0.25, 0.3) is 0 Å². The summed E-state index contributed by atoms with van der Waals surface area (Å²) in [5.74, 6) is -0.308. The molecule has 6 rings (SSSR count). The zero-order valence-corrected chi connectivity index (χ0v) is 26.1. The van der Waals surface area contributed by atoms with Crippen molar-refractivity contribution in [1.29, 1.82) is 5.26 Å². The zero-order valence-electron chi connectivity index (χ0n) is 25.3. The number of allylic oxidation sites excluding steroid dienone is 4. The van der Waals surface area contributed by atoms with Gasteiger partial charge in [-0.3, -0.25) is 9.59 Å². The molecule has 0 saturated heterocycles. The standard InChI is InChI=1S/C33H46N2O4S/c1-28(2)12-14-33(35-40(38,39)21-8-9-21)15-13-32(7)26(22(33)18-28)23(36)16-25-30(5)17-20(19-34)27(37)29(3,4)24(30)10-11-31(25,32)6/h16-17,21-22,24,26,35H,8-15,18H2,1-7H3. The lowest BCUT2D eigenvalue weighted by atomic mass is 9.35. The van der Waals surface area contributed by atoms with Gasteiger partial charge in [0.15, 0.2) is 11.6 Å². The molecule has 0 aromatic carbocycles. The van der Waals surface area contributed by atoms with Crippen molar-refractivity contribution in [3.63, 3.8) is 0 Å². The number of nitriles is 1. The van der Waals surface area contributed by atoms with E-state index in [0.29, 0.717) is 0 Å². The van der Waals surface area contributed by atoms with Gasteiger partial charge in [0, 0.05) is 22.3 Å². The van der Waals surface area contributed by atoms with Gasteiger partial charge in [0.2, 0.25) is 10.0 Å². The molecule has 7 heteroatoms. The summed E-state index contributed by atoms with van der Waals surface area (Å²) in [7, 11) is -3.42. The van der Waals surface area contributed by atoms with Crippen LogP contribution in [-0.4, -0.2) is 30.8 Å². The van der Waals surface area contributed by atoms with Crippen molar-refractivity contribution in [2.24, 2.45) is 44.8 Å². The second-order valence-corrected chi connectivity index (χ2v) is 18.2. The van der Waals surface area contributed by atoms with Crippen LogP contribution in [0.1, 0.15) is 106 Å². The predicted octanol–water partition coefficient (Wildman–Crippen LogP) is 6.04. The Kier molecular flexibility index (Phi) is 5.80. The van der Waals surface area contributed by atoms with Crippen molar-refractivity contribution in [2.45, 2.75) is 117 Å². The molecule has 0 bridgehead atoms. The molecule has 4 fully saturated rings. The molecule has 6 aliphatic carbocycles. The summed E-state index contributed by atoms with van der Waals surface area (Å²) in [6.45, 7) is 15.2. The van der Waals surface area contributed by atoms with Crippen LogP contribution < -0.4 is 4.72 Å². The lowest BCUT2D eigenvalue weighted by Gasteiger charge is -2.69. The SMILES string of the molecule is CC1(C)CCC2(NS(=O)(=O)C3CC3)CCC3(C)C(C(=O)C=C4C5(C)C=C(C#N)C(=O)C(C)(C)C5CCC43C)C2C1. The largest absolute Gasteiger partial charge is 0.295 e. The van der Waals surface area contributed by atoms with Crippen LogP contribution in [-0.2, 0) is 19.6 Å². The Morgan fingerprint density at radius 1 is 0.925 bits per heavy atom. The number of sulfonamides is 1. The molecule has 0 heterocycles. The van der Waals surface area contributed by atoms with E-state index in [-0.39, 0.29) is 56.4 Å². The number of ketones is 2. The Labute approximate surface area is 240 Å². The van der Waals surface area contributed by atoms with Gasteiger partial charge in [-0.05, 0) is 91.9 Å². The summed E-state index contributed by atoms with van der Waals surface area (Å²) in [4.78, 5) is 27.8. The first kappa shape index (κ1) is 28.3. The molecule has 6 aliphatic rings. The smallest absolute Gasteiger partial charge is 0.214 e. The quantitative estimate of drug-likeness (QED) is 0.449. The van der Waals surface area contributed by atoms with Gasteiger partial charge >= 0.3 is 0 Å². The number of nitrogens with zero attached hydrogens (tertiary/aromatic N) is 1. The van der Waals surface area contributed by atoms with Crippen molar-refractivity contribution in [3.05, 3.63) is 23.3 Å². The summed E-state index contributed by atoms with van der Waals surface area (Å²) >= 11 is 0.